The standard InChI is InChI=1S/C28H26N4O2/c1-18-8-10-25-23(13-18)27(30-24-9-7-19(2)14-26(24)34-25)31-11-12-32(20(3)17-31)28(33)22-6-4-5-21(15-22)16-29/h4-10,13-15,20H,11-12,17H2,1-3H3. The van der Waals surface area contributed by atoms with Gasteiger partial charge in [-0.2, -0.15) is 5.26 Å². The Hall–Kier alpha value is -4.11. The number of piperazine rings is 1. The van der Waals surface area contributed by atoms with E-state index in [-0.39, 0.29) is 11.9 Å². The number of benzene rings is 3. The van der Waals surface area contributed by atoms with Crippen LogP contribution in [0.25, 0.3) is 0 Å². The number of nitrogens with zero attached hydrogens (tertiary/aromatic N) is 4. The smallest absolute Gasteiger partial charge is 0.254 e. The average molecular weight is 451 g/mol. The van der Waals surface area contributed by atoms with Gasteiger partial charge in [0.15, 0.2) is 5.75 Å². The molecule has 0 N–H and O–H groups in total. The molecule has 6 heteroatoms. The summed E-state index contributed by atoms with van der Waals surface area (Å²) >= 11 is 0. The lowest BCUT2D eigenvalue weighted by Gasteiger charge is -2.41. The SMILES string of the molecule is Cc1ccc2c(c1)Oc1ccc(C)cc1C(N1CCN(C(=O)c3cccc(C#N)c3)C(C)C1)=N2. The van der Waals surface area contributed by atoms with Crippen molar-refractivity contribution in [3.05, 3.63) is 88.5 Å². The van der Waals surface area contributed by atoms with E-state index in [1.807, 2.05) is 42.2 Å². The molecule has 2 heterocycles. The third-order valence-corrected chi connectivity index (χ3v) is 6.36. The fraction of sp³-hybridized carbons (Fsp3) is 0.250. The second-order valence-corrected chi connectivity index (χ2v) is 8.99. The Labute approximate surface area is 199 Å². The minimum atomic E-state index is -0.0487. The van der Waals surface area contributed by atoms with Crippen LogP contribution < -0.4 is 4.74 Å². The molecule has 1 amide bonds. The Morgan fingerprint density at radius 2 is 1.82 bits per heavy atom. The number of amidine groups is 1. The summed E-state index contributed by atoms with van der Waals surface area (Å²) in [6.45, 7) is 8.03. The Balaban J connectivity index is 1.46. The van der Waals surface area contributed by atoms with E-state index in [2.05, 4.69) is 30.9 Å². The highest BCUT2D eigenvalue weighted by Gasteiger charge is 2.32. The number of carbonyl (C=O) groups excluding carboxylic acids is 1. The molecule has 1 fully saturated rings. The maximum atomic E-state index is 13.2. The molecule has 34 heavy (non-hydrogen) atoms. The van der Waals surface area contributed by atoms with Crippen molar-refractivity contribution in [3.8, 4) is 17.6 Å². The average Bonchev–Trinajstić information content (AvgIpc) is 2.99. The number of carbonyl (C=O) groups is 1. The van der Waals surface area contributed by atoms with Crippen LogP contribution in [-0.4, -0.2) is 47.2 Å². The maximum absolute atomic E-state index is 13.2. The molecule has 1 unspecified atom stereocenters. The summed E-state index contributed by atoms with van der Waals surface area (Å²) in [5.74, 6) is 2.35. The van der Waals surface area contributed by atoms with Crippen LogP contribution in [0.15, 0.2) is 65.7 Å². The molecule has 6 nitrogen and oxygen atoms in total. The molecule has 0 radical (unpaired) electrons. The molecule has 2 aliphatic rings. The number of nitriles is 1. The molecule has 170 valence electrons. The van der Waals surface area contributed by atoms with E-state index in [1.165, 1.54) is 0 Å². The number of hydrogen-bond donors (Lipinski definition) is 0. The second kappa shape index (κ2) is 8.68. The second-order valence-electron chi connectivity index (χ2n) is 8.99. The van der Waals surface area contributed by atoms with Crippen LogP contribution in [-0.2, 0) is 0 Å². The van der Waals surface area contributed by atoms with Crippen molar-refractivity contribution in [2.75, 3.05) is 19.6 Å². The third kappa shape index (κ3) is 4.01. The van der Waals surface area contributed by atoms with Gasteiger partial charge in [-0.05, 0) is 68.8 Å². The van der Waals surface area contributed by atoms with Gasteiger partial charge < -0.3 is 14.5 Å². The summed E-state index contributed by atoms with van der Waals surface area (Å²) < 4.78 is 6.29. The molecule has 5 rings (SSSR count). The number of aliphatic imine (C=N–C) groups is 1. The monoisotopic (exact) mass is 450 g/mol. The molecule has 1 atom stereocenters. The minimum absolute atomic E-state index is 0.0235. The van der Waals surface area contributed by atoms with E-state index >= 15 is 0 Å². The predicted octanol–water partition coefficient (Wildman–Crippen LogP) is 5.21. The van der Waals surface area contributed by atoms with Crippen LogP contribution in [0.3, 0.4) is 0 Å². The van der Waals surface area contributed by atoms with Gasteiger partial charge in [-0.3, -0.25) is 4.79 Å². The van der Waals surface area contributed by atoms with Crippen molar-refractivity contribution in [2.45, 2.75) is 26.8 Å². The Morgan fingerprint density at radius 3 is 2.62 bits per heavy atom. The van der Waals surface area contributed by atoms with Crippen molar-refractivity contribution in [1.29, 1.82) is 5.26 Å². The summed E-state index contributed by atoms with van der Waals surface area (Å²) in [4.78, 5) is 22.4. The third-order valence-electron chi connectivity index (χ3n) is 6.36. The Bertz CT molecular complexity index is 1350. The highest BCUT2D eigenvalue weighted by atomic mass is 16.5. The first-order valence-electron chi connectivity index (χ1n) is 11.5. The van der Waals surface area contributed by atoms with E-state index in [0.717, 1.165) is 39.7 Å². The highest BCUT2D eigenvalue weighted by Crippen LogP contribution is 2.39. The number of rotatable bonds is 1. The van der Waals surface area contributed by atoms with E-state index in [0.29, 0.717) is 30.8 Å². The molecule has 0 saturated carbocycles. The molecular formula is C28H26N4O2. The zero-order valence-corrected chi connectivity index (χ0v) is 19.6. The molecule has 0 aromatic heterocycles. The number of hydrogen-bond acceptors (Lipinski definition) is 5. The van der Waals surface area contributed by atoms with Gasteiger partial charge in [-0.15, -0.1) is 0 Å². The van der Waals surface area contributed by atoms with Crippen LogP contribution >= 0.6 is 0 Å². The lowest BCUT2D eigenvalue weighted by Crippen LogP contribution is -2.55. The zero-order valence-electron chi connectivity index (χ0n) is 19.6. The zero-order chi connectivity index (χ0) is 23.8. The minimum Gasteiger partial charge on any atom is -0.454 e. The molecule has 2 aliphatic heterocycles. The van der Waals surface area contributed by atoms with Gasteiger partial charge in [-0.25, -0.2) is 4.99 Å². The molecule has 3 aromatic rings. The topological polar surface area (TPSA) is 68.9 Å². The molecule has 1 saturated heterocycles. The lowest BCUT2D eigenvalue weighted by atomic mass is 10.1. The quantitative estimate of drug-likeness (QED) is 0.511. The van der Waals surface area contributed by atoms with Crippen LogP contribution in [0.1, 0.15) is 39.5 Å². The first-order valence-corrected chi connectivity index (χ1v) is 11.5. The summed E-state index contributed by atoms with van der Waals surface area (Å²) in [6, 6.07) is 21.2. The predicted molar refractivity (Wildman–Crippen MR) is 132 cm³/mol. The van der Waals surface area contributed by atoms with Gasteiger partial charge in [0.2, 0.25) is 0 Å². The number of fused-ring (bicyclic) bond motifs is 2. The van der Waals surface area contributed by atoms with Gasteiger partial charge >= 0.3 is 0 Å². The van der Waals surface area contributed by atoms with E-state index in [4.69, 9.17) is 9.73 Å². The maximum Gasteiger partial charge on any atom is 0.254 e. The first kappa shape index (κ1) is 21.7. The van der Waals surface area contributed by atoms with Crippen molar-refractivity contribution in [1.82, 2.24) is 9.80 Å². The highest BCUT2D eigenvalue weighted by molar-refractivity contribution is 6.04. The van der Waals surface area contributed by atoms with E-state index < -0.39 is 0 Å². The van der Waals surface area contributed by atoms with Gasteiger partial charge in [0.05, 0.1) is 17.2 Å². The summed E-state index contributed by atoms with van der Waals surface area (Å²) in [6.07, 6.45) is 0. The Morgan fingerprint density at radius 1 is 1.03 bits per heavy atom. The van der Waals surface area contributed by atoms with Crippen molar-refractivity contribution in [3.63, 3.8) is 0 Å². The number of ether oxygens (including phenoxy) is 1. The first-order chi connectivity index (χ1) is 16.4. The summed E-state index contributed by atoms with van der Waals surface area (Å²) in [5, 5.41) is 9.19. The van der Waals surface area contributed by atoms with E-state index in [9.17, 15) is 10.1 Å². The van der Waals surface area contributed by atoms with E-state index in [1.54, 1.807) is 24.3 Å². The normalized spacial score (nSPS) is 17.0. The van der Waals surface area contributed by atoms with Gasteiger partial charge in [0.25, 0.3) is 5.91 Å². The summed E-state index contributed by atoms with van der Waals surface area (Å²) in [5.41, 5.74) is 5.05. The fourth-order valence-electron chi connectivity index (χ4n) is 4.58. The number of aryl methyl sites for hydroxylation is 2. The molecule has 0 bridgehead atoms. The van der Waals surface area contributed by atoms with Crippen molar-refractivity contribution < 1.29 is 9.53 Å². The van der Waals surface area contributed by atoms with Gasteiger partial charge in [0, 0.05) is 31.2 Å². The van der Waals surface area contributed by atoms with Gasteiger partial charge in [0.1, 0.15) is 17.3 Å². The molecule has 0 aliphatic carbocycles. The fourth-order valence-corrected chi connectivity index (χ4v) is 4.58. The molecular weight excluding hydrogens is 424 g/mol. The van der Waals surface area contributed by atoms with Crippen LogP contribution in [0.2, 0.25) is 0 Å². The largest absolute Gasteiger partial charge is 0.454 e. The van der Waals surface area contributed by atoms with Crippen molar-refractivity contribution >= 4 is 17.4 Å². The number of amides is 1. The molecule has 0 spiro atoms. The Kier molecular flexibility index (Phi) is 5.54. The van der Waals surface area contributed by atoms with Gasteiger partial charge in [-0.1, -0.05) is 23.8 Å². The van der Waals surface area contributed by atoms with Crippen LogP contribution in [0.4, 0.5) is 5.69 Å². The molecule has 3 aromatic carbocycles. The summed E-state index contributed by atoms with van der Waals surface area (Å²) in [7, 11) is 0. The van der Waals surface area contributed by atoms with Crippen LogP contribution in [0, 0.1) is 25.2 Å². The lowest BCUT2D eigenvalue weighted by molar-refractivity contribution is 0.0581. The van der Waals surface area contributed by atoms with Crippen molar-refractivity contribution in [2.24, 2.45) is 4.99 Å². The van der Waals surface area contributed by atoms with Crippen LogP contribution in [0.5, 0.6) is 11.5 Å².